The van der Waals surface area contributed by atoms with E-state index in [1.54, 1.807) is 6.08 Å². The van der Waals surface area contributed by atoms with E-state index in [0.717, 1.165) is 12.3 Å². The summed E-state index contributed by atoms with van der Waals surface area (Å²) in [7, 11) is 0. The van der Waals surface area contributed by atoms with E-state index < -0.39 is 0 Å². The van der Waals surface area contributed by atoms with E-state index in [4.69, 9.17) is 4.74 Å². The summed E-state index contributed by atoms with van der Waals surface area (Å²) in [5.74, 6) is 0.886. The molecule has 2 nitrogen and oxygen atoms in total. The summed E-state index contributed by atoms with van der Waals surface area (Å²) in [6, 6.07) is 8.17. The molecule has 2 heteroatoms. The van der Waals surface area contributed by atoms with Gasteiger partial charge < -0.3 is 10.1 Å². The highest BCUT2D eigenvalue weighted by Gasteiger charge is 2.08. The lowest BCUT2D eigenvalue weighted by atomic mass is 10.1. The third kappa shape index (κ3) is 5.55. The molecule has 0 heterocycles. The van der Waals surface area contributed by atoms with E-state index in [1.165, 1.54) is 5.56 Å². The number of hydrogen-bond donors (Lipinski definition) is 1. The largest absolute Gasteiger partial charge is 0.487 e. The number of benzene rings is 1. The van der Waals surface area contributed by atoms with Crippen LogP contribution in [0, 0.1) is 0 Å². The first-order valence-corrected chi connectivity index (χ1v) is 6.04. The Kier molecular flexibility index (Phi) is 4.76. The van der Waals surface area contributed by atoms with Crippen LogP contribution in [-0.2, 0) is 6.54 Å². The molecule has 17 heavy (non-hydrogen) atoms. The van der Waals surface area contributed by atoms with Crippen LogP contribution in [0.1, 0.15) is 33.3 Å². The van der Waals surface area contributed by atoms with Crippen molar-refractivity contribution in [2.24, 2.45) is 0 Å². The molecule has 0 aromatic heterocycles. The normalized spacial score (nSPS) is 13.2. The van der Waals surface area contributed by atoms with Gasteiger partial charge in [-0.2, -0.15) is 0 Å². The zero-order valence-corrected chi connectivity index (χ0v) is 11.3. The topological polar surface area (TPSA) is 21.3 Å². The van der Waals surface area contributed by atoms with E-state index in [0.29, 0.717) is 0 Å². The molecule has 0 spiro atoms. The monoisotopic (exact) mass is 233 g/mol. The predicted octanol–water partition coefficient (Wildman–Crippen LogP) is 3.53. The molecule has 0 aliphatic heterocycles. The molecular weight excluding hydrogens is 210 g/mol. The lowest BCUT2D eigenvalue weighted by Crippen LogP contribution is -2.35. The van der Waals surface area contributed by atoms with Crippen molar-refractivity contribution in [2.45, 2.75) is 45.9 Å². The molecule has 0 radical (unpaired) electrons. The van der Waals surface area contributed by atoms with Crippen LogP contribution in [0.3, 0.4) is 0 Å². The Morgan fingerprint density at radius 1 is 1.29 bits per heavy atom. The molecule has 0 amide bonds. The van der Waals surface area contributed by atoms with E-state index in [1.807, 2.05) is 19.1 Å². The van der Waals surface area contributed by atoms with Gasteiger partial charge in [0.2, 0.25) is 0 Å². The summed E-state index contributed by atoms with van der Waals surface area (Å²) in [5, 5.41) is 3.45. The highest BCUT2D eigenvalue weighted by molar-refractivity contribution is 5.27. The summed E-state index contributed by atoms with van der Waals surface area (Å²) < 4.78 is 5.63. The molecule has 0 saturated heterocycles. The van der Waals surface area contributed by atoms with E-state index in [9.17, 15) is 0 Å². The summed E-state index contributed by atoms with van der Waals surface area (Å²) in [4.78, 5) is 0. The van der Waals surface area contributed by atoms with Crippen LogP contribution in [0.25, 0.3) is 0 Å². The highest BCUT2D eigenvalue weighted by atomic mass is 16.5. The Balaban J connectivity index is 2.53. The predicted molar refractivity (Wildman–Crippen MR) is 73.3 cm³/mol. The van der Waals surface area contributed by atoms with Gasteiger partial charge in [-0.25, -0.2) is 0 Å². The third-order valence-corrected chi connectivity index (χ3v) is 2.40. The molecule has 1 N–H and O–H groups in total. The van der Waals surface area contributed by atoms with Gasteiger partial charge in [0.25, 0.3) is 0 Å². The minimum Gasteiger partial charge on any atom is -0.487 e. The second-order valence-corrected chi connectivity index (χ2v) is 5.31. The fourth-order valence-corrected chi connectivity index (χ4v) is 1.32. The molecule has 0 saturated carbocycles. The standard InChI is InChI=1S/C15H23NO/c1-6-12(2)17-14-9-7-13(8-10-14)11-16-15(3,4)5/h6-10,12,16H,1,11H2,2-5H3. The molecule has 0 aliphatic carbocycles. The van der Waals surface area contributed by atoms with Crippen LogP contribution in [-0.4, -0.2) is 11.6 Å². The Morgan fingerprint density at radius 3 is 2.35 bits per heavy atom. The quantitative estimate of drug-likeness (QED) is 0.786. The molecule has 1 aromatic rings. The fourth-order valence-electron chi connectivity index (χ4n) is 1.32. The van der Waals surface area contributed by atoms with Crippen molar-refractivity contribution in [3.63, 3.8) is 0 Å². The second kappa shape index (κ2) is 5.87. The van der Waals surface area contributed by atoms with Gasteiger partial charge in [-0.15, -0.1) is 0 Å². The molecule has 1 unspecified atom stereocenters. The van der Waals surface area contributed by atoms with Gasteiger partial charge in [0.15, 0.2) is 0 Å². The minimum atomic E-state index is 0.0496. The minimum absolute atomic E-state index is 0.0496. The Labute approximate surface area is 105 Å². The van der Waals surface area contributed by atoms with Gasteiger partial charge in [-0.3, -0.25) is 0 Å². The zero-order valence-electron chi connectivity index (χ0n) is 11.3. The maximum absolute atomic E-state index is 5.63. The number of hydrogen-bond acceptors (Lipinski definition) is 2. The van der Waals surface area contributed by atoms with Crippen molar-refractivity contribution in [3.05, 3.63) is 42.5 Å². The maximum atomic E-state index is 5.63. The van der Waals surface area contributed by atoms with E-state index >= 15 is 0 Å². The van der Waals surface area contributed by atoms with E-state index in [2.05, 4.69) is 44.8 Å². The van der Waals surface area contributed by atoms with Crippen molar-refractivity contribution in [1.82, 2.24) is 5.32 Å². The molecule has 1 aromatic carbocycles. The van der Waals surface area contributed by atoms with Gasteiger partial charge in [0, 0.05) is 12.1 Å². The van der Waals surface area contributed by atoms with Crippen molar-refractivity contribution in [2.75, 3.05) is 0 Å². The summed E-state index contributed by atoms with van der Waals surface area (Å²) in [5.41, 5.74) is 1.41. The SMILES string of the molecule is C=CC(C)Oc1ccc(CNC(C)(C)C)cc1. The van der Waals surface area contributed by atoms with Crippen LogP contribution in [0.15, 0.2) is 36.9 Å². The molecule has 1 atom stereocenters. The van der Waals surface area contributed by atoms with Crippen LogP contribution in [0.5, 0.6) is 5.75 Å². The molecule has 1 rings (SSSR count). The van der Waals surface area contributed by atoms with Gasteiger partial charge in [0.1, 0.15) is 11.9 Å². The molecule has 0 aliphatic rings. The Bertz CT molecular complexity index is 348. The van der Waals surface area contributed by atoms with Crippen molar-refractivity contribution in [1.29, 1.82) is 0 Å². The fraction of sp³-hybridized carbons (Fsp3) is 0.467. The molecule has 0 fully saturated rings. The zero-order chi connectivity index (χ0) is 12.9. The summed E-state index contributed by atoms with van der Waals surface area (Å²) in [6.45, 7) is 13.0. The molecule has 94 valence electrons. The Morgan fingerprint density at radius 2 is 1.88 bits per heavy atom. The van der Waals surface area contributed by atoms with Gasteiger partial charge in [0.05, 0.1) is 0 Å². The first-order chi connectivity index (χ1) is 7.90. The average Bonchev–Trinajstić information content (AvgIpc) is 2.27. The smallest absolute Gasteiger partial charge is 0.120 e. The average molecular weight is 233 g/mol. The summed E-state index contributed by atoms with van der Waals surface area (Å²) in [6.07, 6.45) is 1.84. The van der Waals surface area contributed by atoms with Crippen molar-refractivity contribution < 1.29 is 4.74 Å². The number of rotatable bonds is 5. The first kappa shape index (κ1) is 13.8. The van der Waals surface area contributed by atoms with Gasteiger partial charge in [-0.05, 0) is 45.4 Å². The van der Waals surface area contributed by atoms with E-state index in [-0.39, 0.29) is 11.6 Å². The van der Waals surface area contributed by atoms with Crippen LogP contribution >= 0.6 is 0 Å². The second-order valence-electron chi connectivity index (χ2n) is 5.31. The van der Waals surface area contributed by atoms with Crippen molar-refractivity contribution in [3.8, 4) is 5.75 Å². The van der Waals surface area contributed by atoms with Crippen molar-refractivity contribution >= 4 is 0 Å². The lowest BCUT2D eigenvalue weighted by molar-refractivity contribution is 0.270. The van der Waals surface area contributed by atoms with Crippen LogP contribution in [0.2, 0.25) is 0 Å². The number of ether oxygens (including phenoxy) is 1. The summed E-state index contributed by atoms with van der Waals surface area (Å²) >= 11 is 0. The Hall–Kier alpha value is -1.28. The molecule has 0 bridgehead atoms. The van der Waals surface area contributed by atoms with Crippen LogP contribution in [0.4, 0.5) is 0 Å². The third-order valence-electron chi connectivity index (χ3n) is 2.40. The van der Waals surface area contributed by atoms with Gasteiger partial charge in [-0.1, -0.05) is 24.8 Å². The maximum Gasteiger partial charge on any atom is 0.120 e. The lowest BCUT2D eigenvalue weighted by Gasteiger charge is -2.20. The van der Waals surface area contributed by atoms with Crippen LogP contribution < -0.4 is 10.1 Å². The number of nitrogens with one attached hydrogen (secondary N) is 1. The highest BCUT2D eigenvalue weighted by Crippen LogP contribution is 2.14. The first-order valence-electron chi connectivity index (χ1n) is 6.04. The van der Waals surface area contributed by atoms with Gasteiger partial charge >= 0.3 is 0 Å². The molecular formula is C15H23NO.